The number of aromatic amines is 1. The number of carbonyl (C=O) groups is 1. The maximum absolute atomic E-state index is 13.1. The lowest BCUT2D eigenvalue weighted by Gasteiger charge is -2.27. The van der Waals surface area contributed by atoms with E-state index in [9.17, 15) is 9.59 Å². The van der Waals surface area contributed by atoms with Crippen molar-refractivity contribution in [1.29, 1.82) is 0 Å². The van der Waals surface area contributed by atoms with E-state index in [1.54, 1.807) is 13.2 Å². The van der Waals surface area contributed by atoms with Crippen LogP contribution < -0.4 is 10.4 Å². The van der Waals surface area contributed by atoms with Gasteiger partial charge in [-0.1, -0.05) is 18.2 Å². The lowest BCUT2D eigenvalue weighted by molar-refractivity contribution is -0.131. The van der Waals surface area contributed by atoms with Crippen molar-refractivity contribution < 1.29 is 13.9 Å². The van der Waals surface area contributed by atoms with Gasteiger partial charge in [0.2, 0.25) is 5.91 Å². The minimum atomic E-state index is -0.466. The van der Waals surface area contributed by atoms with Crippen molar-refractivity contribution in [3.8, 4) is 5.75 Å². The van der Waals surface area contributed by atoms with E-state index < -0.39 is 5.63 Å². The zero-order chi connectivity index (χ0) is 20.8. The first kappa shape index (κ1) is 18.5. The summed E-state index contributed by atoms with van der Waals surface area (Å²) in [5.74, 6) is 0.561. The Hall–Kier alpha value is -3.54. The minimum absolute atomic E-state index is 0.0355. The van der Waals surface area contributed by atoms with Crippen molar-refractivity contribution in [2.75, 3.05) is 13.7 Å². The summed E-state index contributed by atoms with van der Waals surface area (Å²) in [4.78, 5) is 31.0. The van der Waals surface area contributed by atoms with Gasteiger partial charge in [0.05, 0.1) is 19.1 Å². The van der Waals surface area contributed by atoms with Gasteiger partial charge in [-0.3, -0.25) is 4.79 Å². The molecule has 1 N–H and O–H groups in total. The molecule has 0 atom stereocenters. The zero-order valence-electron chi connectivity index (χ0n) is 17.0. The molecule has 4 aromatic rings. The molecule has 0 radical (unpaired) electrons. The van der Waals surface area contributed by atoms with E-state index in [2.05, 4.69) is 17.1 Å². The molecule has 0 bridgehead atoms. The van der Waals surface area contributed by atoms with Crippen LogP contribution >= 0.6 is 0 Å². The second kappa shape index (κ2) is 7.06. The van der Waals surface area contributed by atoms with E-state index in [1.165, 1.54) is 11.3 Å². The maximum Gasteiger partial charge on any atom is 0.340 e. The monoisotopic (exact) mass is 402 g/mol. The molecule has 6 nitrogen and oxygen atoms in total. The number of benzene rings is 2. The van der Waals surface area contributed by atoms with Crippen molar-refractivity contribution in [3.63, 3.8) is 0 Å². The van der Waals surface area contributed by atoms with E-state index >= 15 is 0 Å². The fourth-order valence-corrected chi connectivity index (χ4v) is 4.35. The molecule has 0 aliphatic carbocycles. The summed E-state index contributed by atoms with van der Waals surface area (Å²) in [6.45, 7) is 3.05. The number of methoxy groups -OCH3 is 1. The number of ether oxygens (including phenoxy) is 1. The quantitative estimate of drug-likeness (QED) is 0.530. The molecule has 1 aliphatic heterocycles. The number of carbonyl (C=O) groups excluding carboxylic acids is 1. The SMILES string of the molecule is COc1ccc2c(C)c(CC(=O)N3CCc4[nH]c5ccccc5c4C3)c(=O)oc2c1. The fourth-order valence-electron chi connectivity index (χ4n) is 4.35. The van der Waals surface area contributed by atoms with E-state index in [0.29, 0.717) is 30.0 Å². The van der Waals surface area contributed by atoms with Gasteiger partial charge in [0.25, 0.3) is 0 Å². The lowest BCUT2D eigenvalue weighted by Crippen LogP contribution is -2.37. The molecule has 152 valence electrons. The molecular formula is C24H22N2O4. The average Bonchev–Trinajstić information content (AvgIpc) is 3.14. The number of hydrogen-bond acceptors (Lipinski definition) is 4. The van der Waals surface area contributed by atoms with Crippen LogP contribution in [0.3, 0.4) is 0 Å². The second-order valence-electron chi connectivity index (χ2n) is 7.72. The van der Waals surface area contributed by atoms with Crippen molar-refractivity contribution in [2.24, 2.45) is 0 Å². The van der Waals surface area contributed by atoms with Gasteiger partial charge in [-0.25, -0.2) is 4.79 Å². The van der Waals surface area contributed by atoms with Gasteiger partial charge in [-0.15, -0.1) is 0 Å². The summed E-state index contributed by atoms with van der Waals surface area (Å²) in [5.41, 5.74) is 4.65. The molecule has 1 aliphatic rings. The summed E-state index contributed by atoms with van der Waals surface area (Å²) in [7, 11) is 1.57. The molecule has 0 spiro atoms. The summed E-state index contributed by atoms with van der Waals surface area (Å²) in [6.07, 6.45) is 0.814. The van der Waals surface area contributed by atoms with Crippen LogP contribution in [0.4, 0.5) is 0 Å². The highest BCUT2D eigenvalue weighted by molar-refractivity contribution is 5.87. The number of hydrogen-bond donors (Lipinski definition) is 1. The van der Waals surface area contributed by atoms with E-state index in [-0.39, 0.29) is 12.3 Å². The first-order valence-electron chi connectivity index (χ1n) is 10.0. The Kier molecular flexibility index (Phi) is 4.35. The smallest absolute Gasteiger partial charge is 0.340 e. The average molecular weight is 402 g/mol. The molecule has 0 unspecified atom stereocenters. The summed E-state index contributed by atoms with van der Waals surface area (Å²) < 4.78 is 10.7. The lowest BCUT2D eigenvalue weighted by atomic mass is 10.0. The molecule has 3 heterocycles. The van der Waals surface area contributed by atoms with Crippen molar-refractivity contribution in [2.45, 2.75) is 26.3 Å². The van der Waals surface area contributed by atoms with Crippen LogP contribution in [0.1, 0.15) is 22.4 Å². The topological polar surface area (TPSA) is 75.5 Å². The van der Waals surface area contributed by atoms with Crippen molar-refractivity contribution >= 4 is 27.8 Å². The van der Waals surface area contributed by atoms with Crippen LogP contribution in [-0.4, -0.2) is 29.4 Å². The Morgan fingerprint density at radius 3 is 2.87 bits per heavy atom. The number of nitrogens with zero attached hydrogens (tertiary/aromatic N) is 1. The molecule has 5 rings (SSSR count). The van der Waals surface area contributed by atoms with E-state index in [0.717, 1.165) is 28.3 Å². The van der Waals surface area contributed by atoms with Crippen LogP contribution in [0.2, 0.25) is 0 Å². The molecule has 0 saturated carbocycles. The molecule has 6 heteroatoms. The number of nitrogens with one attached hydrogen (secondary N) is 1. The molecule has 2 aromatic carbocycles. The van der Waals surface area contributed by atoms with Gasteiger partial charge in [0.15, 0.2) is 0 Å². The number of para-hydroxylation sites is 1. The summed E-state index contributed by atoms with van der Waals surface area (Å²) >= 11 is 0. The Morgan fingerprint density at radius 2 is 2.03 bits per heavy atom. The number of H-pyrrole nitrogens is 1. The van der Waals surface area contributed by atoms with Gasteiger partial charge >= 0.3 is 5.63 Å². The third kappa shape index (κ3) is 2.96. The maximum atomic E-state index is 13.1. The predicted octanol–water partition coefficient (Wildman–Crippen LogP) is 3.72. The van der Waals surface area contributed by atoms with Gasteiger partial charge < -0.3 is 19.0 Å². The zero-order valence-corrected chi connectivity index (χ0v) is 17.0. The highest BCUT2D eigenvalue weighted by atomic mass is 16.5. The van der Waals surface area contributed by atoms with Crippen LogP contribution in [0.15, 0.2) is 51.7 Å². The Morgan fingerprint density at radius 1 is 1.20 bits per heavy atom. The number of fused-ring (bicyclic) bond motifs is 4. The third-order valence-corrected chi connectivity index (χ3v) is 6.06. The molecule has 0 saturated heterocycles. The number of rotatable bonds is 3. The molecule has 0 fully saturated rings. The Labute approximate surface area is 173 Å². The van der Waals surface area contributed by atoms with Gasteiger partial charge in [-0.05, 0) is 30.7 Å². The fraction of sp³-hybridized carbons (Fsp3) is 0.250. The highest BCUT2D eigenvalue weighted by Crippen LogP contribution is 2.28. The Bertz CT molecular complexity index is 1350. The van der Waals surface area contributed by atoms with Crippen LogP contribution in [0.5, 0.6) is 5.75 Å². The number of amides is 1. The molecule has 1 amide bonds. The van der Waals surface area contributed by atoms with E-state index in [4.69, 9.17) is 9.15 Å². The van der Waals surface area contributed by atoms with Gasteiger partial charge in [0.1, 0.15) is 11.3 Å². The normalized spacial score (nSPS) is 13.6. The Balaban J connectivity index is 1.44. The summed E-state index contributed by atoms with van der Waals surface area (Å²) in [6, 6.07) is 13.5. The first-order valence-corrected chi connectivity index (χ1v) is 10.0. The third-order valence-electron chi connectivity index (χ3n) is 6.06. The number of aryl methyl sites for hydroxylation is 1. The largest absolute Gasteiger partial charge is 0.497 e. The van der Waals surface area contributed by atoms with Crippen LogP contribution in [-0.2, 0) is 24.2 Å². The standard InChI is InChI=1S/C24H22N2O4/c1-14-16-8-7-15(29-2)11-22(16)30-24(28)18(14)12-23(27)26-10-9-21-19(13-26)17-5-3-4-6-20(17)25-21/h3-8,11,25H,9-10,12-13H2,1-2H3. The van der Waals surface area contributed by atoms with Crippen molar-refractivity contribution in [1.82, 2.24) is 9.88 Å². The van der Waals surface area contributed by atoms with Crippen LogP contribution in [0, 0.1) is 6.92 Å². The molecule has 30 heavy (non-hydrogen) atoms. The van der Waals surface area contributed by atoms with Gasteiger partial charge in [0, 0.05) is 53.1 Å². The second-order valence-corrected chi connectivity index (χ2v) is 7.72. The predicted molar refractivity (Wildman–Crippen MR) is 115 cm³/mol. The highest BCUT2D eigenvalue weighted by Gasteiger charge is 2.25. The van der Waals surface area contributed by atoms with Crippen LogP contribution in [0.25, 0.3) is 21.9 Å². The minimum Gasteiger partial charge on any atom is -0.497 e. The first-order chi connectivity index (χ1) is 14.5. The summed E-state index contributed by atoms with van der Waals surface area (Å²) in [5, 5.41) is 1.97. The van der Waals surface area contributed by atoms with E-state index in [1.807, 2.05) is 36.1 Å². The van der Waals surface area contributed by atoms with Crippen molar-refractivity contribution in [3.05, 3.63) is 75.3 Å². The molecule has 2 aromatic heterocycles. The molecular weight excluding hydrogens is 380 g/mol. The number of aromatic nitrogens is 1. The van der Waals surface area contributed by atoms with Gasteiger partial charge in [-0.2, -0.15) is 0 Å².